The second-order valence-electron chi connectivity index (χ2n) is 3.68. The Kier molecular flexibility index (Phi) is 5.15. The molecule has 1 aromatic rings. The van der Waals surface area contributed by atoms with Crippen LogP contribution in [-0.4, -0.2) is 26.3 Å². The van der Waals surface area contributed by atoms with E-state index in [-0.39, 0.29) is 0 Å². The summed E-state index contributed by atoms with van der Waals surface area (Å²) in [7, 11) is 1.74. The van der Waals surface area contributed by atoms with E-state index in [9.17, 15) is 0 Å². The summed E-state index contributed by atoms with van der Waals surface area (Å²) in [5.74, 6) is 0.592. The molecule has 0 radical (unpaired) electrons. The lowest BCUT2D eigenvalue weighted by Gasteiger charge is -2.16. The fraction of sp³-hybridized carbons (Fsp3) is 0.636. The van der Waals surface area contributed by atoms with Gasteiger partial charge in [0.1, 0.15) is 0 Å². The molecule has 0 spiro atoms. The summed E-state index contributed by atoms with van der Waals surface area (Å²) in [6, 6.07) is 4.73. The molecule has 1 N–H and O–H groups in total. The zero-order valence-electron chi connectivity index (χ0n) is 9.12. The van der Waals surface area contributed by atoms with Gasteiger partial charge in [0, 0.05) is 30.5 Å². The molecule has 3 heteroatoms. The van der Waals surface area contributed by atoms with E-state index in [1.807, 2.05) is 11.3 Å². The highest BCUT2D eigenvalue weighted by atomic mass is 32.1. The van der Waals surface area contributed by atoms with Crippen LogP contribution in [0.5, 0.6) is 0 Å². The first-order chi connectivity index (χ1) is 6.74. The lowest BCUT2D eigenvalue weighted by molar-refractivity contribution is 0.172. The maximum Gasteiger partial charge on any atom is 0.0613 e. The number of ether oxygens (including phenoxy) is 1. The predicted molar refractivity (Wildman–Crippen MR) is 62.1 cm³/mol. The van der Waals surface area contributed by atoms with Crippen LogP contribution in [0.2, 0.25) is 0 Å². The molecule has 2 nitrogen and oxygen atoms in total. The molecule has 1 aromatic heterocycles. The number of hydrogen-bond acceptors (Lipinski definition) is 3. The predicted octanol–water partition coefficient (Wildman–Crippen LogP) is 2.48. The molecular formula is C11H19NOS. The Hall–Kier alpha value is -0.380. The van der Waals surface area contributed by atoms with E-state index < -0.39 is 0 Å². The largest absolute Gasteiger partial charge is 0.383 e. The van der Waals surface area contributed by atoms with Crippen LogP contribution in [0.3, 0.4) is 0 Å². The number of hydrogen-bond donors (Lipinski definition) is 1. The Labute approximate surface area is 90.3 Å². The van der Waals surface area contributed by atoms with E-state index in [1.54, 1.807) is 7.11 Å². The van der Waals surface area contributed by atoms with Gasteiger partial charge in [0.25, 0.3) is 0 Å². The first-order valence-corrected chi connectivity index (χ1v) is 5.87. The van der Waals surface area contributed by atoms with Crippen LogP contribution >= 0.6 is 11.3 Å². The van der Waals surface area contributed by atoms with Crippen LogP contribution in [0.25, 0.3) is 0 Å². The monoisotopic (exact) mass is 213 g/mol. The zero-order valence-corrected chi connectivity index (χ0v) is 9.93. The van der Waals surface area contributed by atoms with Gasteiger partial charge in [-0.15, -0.1) is 11.3 Å². The van der Waals surface area contributed by atoms with Gasteiger partial charge in [-0.05, 0) is 18.4 Å². The summed E-state index contributed by atoms with van der Waals surface area (Å²) in [6.07, 6.45) is 0. The van der Waals surface area contributed by atoms with Gasteiger partial charge in [0.15, 0.2) is 0 Å². The molecule has 0 aromatic carbocycles. The molecule has 0 amide bonds. The molecule has 0 aliphatic carbocycles. The fourth-order valence-electron chi connectivity index (χ4n) is 1.36. The Morgan fingerprint density at radius 1 is 1.50 bits per heavy atom. The Bertz CT molecular complexity index is 235. The molecule has 80 valence electrons. The van der Waals surface area contributed by atoms with Gasteiger partial charge >= 0.3 is 0 Å². The molecule has 0 saturated heterocycles. The first kappa shape index (κ1) is 11.7. The molecule has 1 heterocycles. The quantitative estimate of drug-likeness (QED) is 0.784. The van der Waals surface area contributed by atoms with Crippen molar-refractivity contribution >= 4 is 11.3 Å². The van der Waals surface area contributed by atoms with Crippen molar-refractivity contribution in [3.63, 3.8) is 0 Å². The number of thiophene rings is 1. The average molecular weight is 213 g/mol. The SMILES string of the molecule is COC[C@H](C)NC[C@H](C)c1cccs1. The summed E-state index contributed by atoms with van der Waals surface area (Å²) < 4.78 is 5.07. The third-order valence-electron chi connectivity index (χ3n) is 2.22. The van der Waals surface area contributed by atoms with Crippen molar-refractivity contribution < 1.29 is 4.74 Å². The molecule has 0 fully saturated rings. The van der Waals surface area contributed by atoms with Crippen molar-refractivity contribution in [2.45, 2.75) is 25.8 Å². The maximum atomic E-state index is 5.07. The lowest BCUT2D eigenvalue weighted by atomic mass is 10.1. The van der Waals surface area contributed by atoms with Crippen LogP contribution < -0.4 is 5.32 Å². The van der Waals surface area contributed by atoms with Gasteiger partial charge in [-0.3, -0.25) is 0 Å². The average Bonchev–Trinajstić information content (AvgIpc) is 2.67. The molecule has 2 atom stereocenters. The number of nitrogens with one attached hydrogen (secondary N) is 1. The van der Waals surface area contributed by atoms with E-state index in [0.29, 0.717) is 12.0 Å². The standard InChI is InChI=1S/C11H19NOS/c1-9(11-5-4-6-14-11)7-12-10(2)8-13-3/h4-6,9-10,12H,7-8H2,1-3H3/t9-,10-/m0/s1. The topological polar surface area (TPSA) is 21.3 Å². The van der Waals surface area contributed by atoms with Crippen molar-refractivity contribution in [3.8, 4) is 0 Å². The van der Waals surface area contributed by atoms with Gasteiger partial charge in [-0.1, -0.05) is 13.0 Å². The first-order valence-electron chi connectivity index (χ1n) is 4.99. The van der Waals surface area contributed by atoms with E-state index in [2.05, 4.69) is 36.7 Å². The minimum atomic E-state index is 0.433. The lowest BCUT2D eigenvalue weighted by Crippen LogP contribution is -2.32. The van der Waals surface area contributed by atoms with Gasteiger partial charge in [0.05, 0.1) is 6.61 Å². The van der Waals surface area contributed by atoms with Crippen LogP contribution in [0.15, 0.2) is 17.5 Å². The van der Waals surface area contributed by atoms with Gasteiger partial charge < -0.3 is 10.1 Å². The minimum Gasteiger partial charge on any atom is -0.383 e. The molecule has 0 unspecified atom stereocenters. The third kappa shape index (κ3) is 3.78. The smallest absolute Gasteiger partial charge is 0.0613 e. The number of methoxy groups -OCH3 is 1. The molecule has 0 saturated carbocycles. The summed E-state index contributed by atoms with van der Waals surface area (Å²) in [5.41, 5.74) is 0. The Morgan fingerprint density at radius 2 is 2.29 bits per heavy atom. The van der Waals surface area contributed by atoms with Gasteiger partial charge in [-0.2, -0.15) is 0 Å². The van der Waals surface area contributed by atoms with E-state index in [1.165, 1.54) is 4.88 Å². The molecule has 0 aliphatic rings. The summed E-state index contributed by atoms with van der Waals surface area (Å²) >= 11 is 1.82. The van der Waals surface area contributed by atoms with Crippen molar-refractivity contribution in [1.82, 2.24) is 5.32 Å². The third-order valence-corrected chi connectivity index (χ3v) is 3.32. The van der Waals surface area contributed by atoms with Crippen LogP contribution in [0.4, 0.5) is 0 Å². The summed E-state index contributed by atoms with van der Waals surface area (Å²) in [4.78, 5) is 1.45. The molecule has 14 heavy (non-hydrogen) atoms. The van der Waals surface area contributed by atoms with Crippen LogP contribution in [0.1, 0.15) is 24.6 Å². The fourth-order valence-corrected chi connectivity index (χ4v) is 2.15. The highest BCUT2D eigenvalue weighted by Gasteiger charge is 2.07. The zero-order chi connectivity index (χ0) is 10.4. The van der Waals surface area contributed by atoms with E-state index in [0.717, 1.165) is 13.2 Å². The Morgan fingerprint density at radius 3 is 2.86 bits per heavy atom. The van der Waals surface area contributed by atoms with Crippen LogP contribution in [-0.2, 0) is 4.74 Å². The second-order valence-corrected chi connectivity index (χ2v) is 4.66. The number of rotatable bonds is 6. The Balaban J connectivity index is 2.24. The normalized spacial score (nSPS) is 15.4. The molecule has 1 rings (SSSR count). The van der Waals surface area contributed by atoms with E-state index in [4.69, 9.17) is 4.74 Å². The van der Waals surface area contributed by atoms with E-state index >= 15 is 0 Å². The maximum absolute atomic E-state index is 5.07. The molecule has 0 bridgehead atoms. The summed E-state index contributed by atoms with van der Waals surface area (Å²) in [6.45, 7) is 6.19. The van der Waals surface area contributed by atoms with Crippen LogP contribution in [0, 0.1) is 0 Å². The highest BCUT2D eigenvalue weighted by molar-refractivity contribution is 7.10. The second kappa shape index (κ2) is 6.17. The van der Waals surface area contributed by atoms with Crippen molar-refractivity contribution in [1.29, 1.82) is 0 Å². The van der Waals surface area contributed by atoms with Crippen molar-refractivity contribution in [2.24, 2.45) is 0 Å². The molecular weight excluding hydrogens is 194 g/mol. The highest BCUT2D eigenvalue weighted by Crippen LogP contribution is 2.19. The van der Waals surface area contributed by atoms with Gasteiger partial charge in [-0.25, -0.2) is 0 Å². The summed E-state index contributed by atoms with van der Waals surface area (Å²) in [5, 5.41) is 5.58. The van der Waals surface area contributed by atoms with Crippen molar-refractivity contribution in [2.75, 3.05) is 20.3 Å². The minimum absolute atomic E-state index is 0.433. The molecule has 0 aliphatic heterocycles. The van der Waals surface area contributed by atoms with Crippen molar-refractivity contribution in [3.05, 3.63) is 22.4 Å². The van der Waals surface area contributed by atoms with Gasteiger partial charge in [0.2, 0.25) is 0 Å².